The summed E-state index contributed by atoms with van der Waals surface area (Å²) in [4.78, 5) is 51.2. The van der Waals surface area contributed by atoms with E-state index in [-0.39, 0.29) is 12.6 Å². The lowest BCUT2D eigenvalue weighted by Gasteiger charge is -2.16. The summed E-state index contributed by atoms with van der Waals surface area (Å²) in [5.41, 5.74) is 1.73. The van der Waals surface area contributed by atoms with Crippen LogP contribution in [-0.2, 0) is 6.54 Å². The topological polar surface area (TPSA) is 114 Å². The summed E-state index contributed by atoms with van der Waals surface area (Å²) >= 11 is 0. The summed E-state index contributed by atoms with van der Waals surface area (Å²) in [5.74, 6) is -1.41. The second-order valence-electron chi connectivity index (χ2n) is 7.65. The number of rotatable bonds is 5. The van der Waals surface area contributed by atoms with Gasteiger partial charge in [0.15, 0.2) is 0 Å². The molecular formula is C23H22N4O5. The quantitative estimate of drug-likeness (QED) is 0.637. The molecule has 0 radical (unpaired) electrons. The number of carboxylic acid groups (broad SMARTS) is 1. The summed E-state index contributed by atoms with van der Waals surface area (Å²) in [6.45, 7) is 4.85. The zero-order valence-corrected chi connectivity index (χ0v) is 17.7. The van der Waals surface area contributed by atoms with Gasteiger partial charge in [0.1, 0.15) is 5.56 Å². The highest BCUT2D eigenvalue weighted by atomic mass is 16.4. The minimum Gasteiger partial charge on any atom is -0.477 e. The van der Waals surface area contributed by atoms with Gasteiger partial charge in [-0.1, -0.05) is 18.2 Å². The molecule has 0 unspecified atom stereocenters. The van der Waals surface area contributed by atoms with Crippen LogP contribution in [0.2, 0.25) is 0 Å². The Hall–Kier alpha value is -4.14. The Morgan fingerprint density at radius 1 is 1.03 bits per heavy atom. The van der Waals surface area contributed by atoms with Gasteiger partial charge in [0.2, 0.25) is 0 Å². The molecule has 1 aliphatic rings. The van der Waals surface area contributed by atoms with Crippen molar-refractivity contribution in [3.63, 3.8) is 0 Å². The van der Waals surface area contributed by atoms with Crippen LogP contribution in [-0.4, -0.2) is 39.3 Å². The first-order valence-corrected chi connectivity index (χ1v) is 10.1. The number of hydrogen-bond acceptors (Lipinski definition) is 4. The van der Waals surface area contributed by atoms with Crippen molar-refractivity contribution in [2.75, 3.05) is 18.0 Å². The number of urea groups is 1. The first kappa shape index (κ1) is 21.1. The molecule has 0 spiro atoms. The fourth-order valence-corrected chi connectivity index (χ4v) is 3.74. The number of benzene rings is 2. The van der Waals surface area contributed by atoms with Crippen molar-refractivity contribution in [3.8, 4) is 5.69 Å². The molecular weight excluding hydrogens is 412 g/mol. The molecule has 164 valence electrons. The average molecular weight is 434 g/mol. The number of amides is 2. The second-order valence-corrected chi connectivity index (χ2v) is 7.65. The predicted octanol–water partition coefficient (Wildman–Crippen LogP) is 1.89. The smallest absolute Gasteiger partial charge is 0.342 e. The first-order valence-electron chi connectivity index (χ1n) is 10.1. The van der Waals surface area contributed by atoms with E-state index in [4.69, 9.17) is 0 Å². The van der Waals surface area contributed by atoms with Gasteiger partial charge < -0.3 is 10.4 Å². The Morgan fingerprint density at radius 3 is 2.34 bits per heavy atom. The van der Waals surface area contributed by atoms with Crippen LogP contribution in [0.4, 0.5) is 10.5 Å². The van der Waals surface area contributed by atoms with E-state index >= 15 is 0 Å². The molecule has 2 heterocycles. The van der Waals surface area contributed by atoms with E-state index in [1.54, 1.807) is 29.2 Å². The van der Waals surface area contributed by atoms with Crippen molar-refractivity contribution in [3.05, 3.63) is 91.8 Å². The normalized spacial score (nSPS) is 13.3. The number of nitrogens with zero attached hydrogens (tertiary/aromatic N) is 3. The highest BCUT2D eigenvalue weighted by molar-refractivity contribution is 5.94. The Bertz CT molecular complexity index is 1340. The third-order valence-corrected chi connectivity index (χ3v) is 5.74. The lowest BCUT2D eigenvalue weighted by Crippen LogP contribution is -2.42. The van der Waals surface area contributed by atoms with Gasteiger partial charge >= 0.3 is 17.7 Å². The van der Waals surface area contributed by atoms with Crippen LogP contribution in [0.15, 0.2) is 58.3 Å². The zero-order chi connectivity index (χ0) is 23.0. The van der Waals surface area contributed by atoms with Crippen LogP contribution < -0.4 is 21.5 Å². The van der Waals surface area contributed by atoms with Crippen LogP contribution in [0.25, 0.3) is 5.69 Å². The van der Waals surface area contributed by atoms with Crippen molar-refractivity contribution in [2.24, 2.45) is 0 Å². The Kier molecular flexibility index (Phi) is 5.40. The van der Waals surface area contributed by atoms with E-state index in [1.165, 1.54) is 0 Å². The number of aryl methyl sites for hydroxylation is 1. The largest absolute Gasteiger partial charge is 0.477 e. The zero-order valence-electron chi connectivity index (χ0n) is 17.7. The van der Waals surface area contributed by atoms with Crippen LogP contribution in [0.1, 0.15) is 27.0 Å². The van der Waals surface area contributed by atoms with Crippen molar-refractivity contribution in [2.45, 2.75) is 20.4 Å². The number of carbonyl (C=O) groups is 2. The molecule has 0 atom stereocenters. The van der Waals surface area contributed by atoms with E-state index in [1.807, 2.05) is 32.0 Å². The predicted molar refractivity (Wildman–Crippen MR) is 119 cm³/mol. The number of anilines is 1. The summed E-state index contributed by atoms with van der Waals surface area (Å²) in [5, 5.41) is 12.3. The number of hydrogen-bond donors (Lipinski definition) is 2. The molecule has 3 aromatic rings. The monoisotopic (exact) mass is 434 g/mol. The average Bonchev–Trinajstić information content (AvgIpc) is 3.20. The van der Waals surface area contributed by atoms with Crippen molar-refractivity contribution >= 4 is 17.7 Å². The van der Waals surface area contributed by atoms with Gasteiger partial charge in [-0.15, -0.1) is 0 Å². The first-order chi connectivity index (χ1) is 15.3. The van der Waals surface area contributed by atoms with Gasteiger partial charge in [-0.25, -0.2) is 14.4 Å². The molecule has 2 amide bonds. The number of carboxylic acids is 1. The highest BCUT2D eigenvalue weighted by Gasteiger charge is 2.22. The fraction of sp³-hybridized carbons (Fsp3) is 0.217. The standard InChI is InChI=1S/C23H22N4O5/c1-14-4-3-5-16(15(14)2)12-27-20(28)19(21(29)30)13-26(23(27)32)18-8-6-17(7-9-18)25-11-10-24-22(25)31/h3-9,13H,10-12H2,1-2H3,(H,24,31)(H,29,30). The number of nitrogens with one attached hydrogen (secondary N) is 1. The summed E-state index contributed by atoms with van der Waals surface area (Å²) in [6.07, 6.45) is 1.05. The van der Waals surface area contributed by atoms with E-state index in [0.717, 1.165) is 32.0 Å². The lowest BCUT2D eigenvalue weighted by molar-refractivity contribution is 0.0693. The summed E-state index contributed by atoms with van der Waals surface area (Å²) in [7, 11) is 0. The van der Waals surface area contributed by atoms with Crippen molar-refractivity contribution in [1.82, 2.24) is 14.5 Å². The minimum absolute atomic E-state index is 0.0433. The molecule has 2 N–H and O–H groups in total. The molecule has 4 rings (SSSR count). The van der Waals surface area contributed by atoms with E-state index in [9.17, 15) is 24.3 Å². The molecule has 1 aromatic heterocycles. The molecule has 9 nitrogen and oxygen atoms in total. The molecule has 0 bridgehead atoms. The van der Waals surface area contributed by atoms with E-state index in [0.29, 0.717) is 24.5 Å². The van der Waals surface area contributed by atoms with Gasteiger partial charge in [-0.3, -0.25) is 18.8 Å². The van der Waals surface area contributed by atoms with Gasteiger partial charge in [-0.2, -0.15) is 0 Å². The molecule has 0 aliphatic carbocycles. The molecule has 1 fully saturated rings. The van der Waals surface area contributed by atoms with Crippen molar-refractivity contribution < 1.29 is 14.7 Å². The van der Waals surface area contributed by atoms with Crippen LogP contribution in [0.3, 0.4) is 0 Å². The van der Waals surface area contributed by atoms with Gasteiger partial charge in [0, 0.05) is 25.0 Å². The van der Waals surface area contributed by atoms with E-state index in [2.05, 4.69) is 5.32 Å². The number of aromatic carboxylic acids is 1. The van der Waals surface area contributed by atoms with Gasteiger partial charge in [0.25, 0.3) is 5.56 Å². The fourth-order valence-electron chi connectivity index (χ4n) is 3.74. The van der Waals surface area contributed by atoms with E-state index < -0.39 is 22.8 Å². The lowest BCUT2D eigenvalue weighted by atomic mass is 10.0. The Labute approximate surface area is 183 Å². The third-order valence-electron chi connectivity index (χ3n) is 5.74. The summed E-state index contributed by atoms with van der Waals surface area (Å²) < 4.78 is 2.08. The molecule has 1 aliphatic heterocycles. The van der Waals surface area contributed by atoms with Gasteiger partial charge in [0.05, 0.1) is 12.2 Å². The SMILES string of the molecule is Cc1cccc(Cn2c(=O)c(C(=O)O)cn(-c3ccc(N4CCNC4=O)cc3)c2=O)c1C. The van der Waals surface area contributed by atoms with Gasteiger partial charge in [-0.05, 0) is 54.8 Å². The third kappa shape index (κ3) is 3.68. The maximum Gasteiger partial charge on any atom is 0.342 e. The van der Waals surface area contributed by atoms with Crippen LogP contribution >= 0.6 is 0 Å². The van der Waals surface area contributed by atoms with Crippen LogP contribution in [0, 0.1) is 13.8 Å². The molecule has 1 saturated heterocycles. The molecule has 32 heavy (non-hydrogen) atoms. The second kappa shape index (κ2) is 8.18. The maximum absolute atomic E-state index is 13.2. The number of carbonyl (C=O) groups excluding carboxylic acids is 1. The molecule has 0 saturated carbocycles. The van der Waals surface area contributed by atoms with Crippen molar-refractivity contribution in [1.29, 1.82) is 0 Å². The molecule has 2 aromatic carbocycles. The maximum atomic E-state index is 13.2. The minimum atomic E-state index is -1.41. The van der Waals surface area contributed by atoms with Crippen LogP contribution in [0.5, 0.6) is 0 Å². The molecule has 9 heteroatoms. The highest BCUT2D eigenvalue weighted by Crippen LogP contribution is 2.19. The summed E-state index contributed by atoms with van der Waals surface area (Å²) in [6, 6.07) is 11.9. The Morgan fingerprint density at radius 2 is 1.72 bits per heavy atom. The number of aromatic nitrogens is 2. The Balaban J connectivity index is 1.81.